The van der Waals surface area contributed by atoms with Gasteiger partial charge in [0.25, 0.3) is 5.91 Å². The number of benzene rings is 1. The van der Waals surface area contributed by atoms with Crippen LogP contribution in [0.4, 0.5) is 16.3 Å². The summed E-state index contributed by atoms with van der Waals surface area (Å²) in [6.07, 6.45) is 15.4. The summed E-state index contributed by atoms with van der Waals surface area (Å²) in [5.74, 6) is -0.147. The minimum Gasteiger partial charge on any atom is -0.444 e. The fourth-order valence-electron chi connectivity index (χ4n) is 2.75. The number of hydrogen-bond acceptors (Lipinski definition) is 5. The van der Waals surface area contributed by atoms with Crippen LogP contribution in [0.15, 0.2) is 97.5 Å². The van der Waals surface area contributed by atoms with Crippen molar-refractivity contribution in [3.8, 4) is 0 Å². The zero-order valence-corrected chi connectivity index (χ0v) is 18.1. The molecule has 0 aliphatic carbocycles. The number of amides is 2. The van der Waals surface area contributed by atoms with Gasteiger partial charge in [0.05, 0.1) is 11.9 Å². The molecule has 166 valence electrons. The molecule has 0 aliphatic heterocycles. The zero-order valence-electron chi connectivity index (χ0n) is 18.1. The number of allylic oxidation sites excluding steroid dienone is 5. The predicted molar refractivity (Wildman–Crippen MR) is 130 cm³/mol. The SMILES string of the molecule is C\C=C/C=C\C=C\c1ccncc1NC(=O)c1ccnc(NC(=O)OCc2ccccc2)c1. The number of aromatic nitrogens is 2. The van der Waals surface area contributed by atoms with E-state index >= 15 is 0 Å². The van der Waals surface area contributed by atoms with Gasteiger partial charge in [0.1, 0.15) is 12.4 Å². The highest BCUT2D eigenvalue weighted by Gasteiger charge is 2.11. The number of carbonyl (C=O) groups is 2. The van der Waals surface area contributed by atoms with Gasteiger partial charge in [-0.2, -0.15) is 0 Å². The van der Waals surface area contributed by atoms with Crippen molar-refractivity contribution in [3.63, 3.8) is 0 Å². The molecule has 2 amide bonds. The zero-order chi connectivity index (χ0) is 23.3. The molecule has 1 aromatic carbocycles. The maximum Gasteiger partial charge on any atom is 0.413 e. The fourth-order valence-corrected chi connectivity index (χ4v) is 2.75. The first-order chi connectivity index (χ1) is 16.2. The molecule has 7 nitrogen and oxygen atoms in total. The van der Waals surface area contributed by atoms with Gasteiger partial charge in [0, 0.05) is 23.5 Å². The van der Waals surface area contributed by atoms with Crippen LogP contribution in [0.3, 0.4) is 0 Å². The van der Waals surface area contributed by atoms with Gasteiger partial charge < -0.3 is 10.1 Å². The van der Waals surface area contributed by atoms with E-state index in [2.05, 4.69) is 20.6 Å². The number of ether oxygens (including phenoxy) is 1. The van der Waals surface area contributed by atoms with Crippen molar-refractivity contribution < 1.29 is 14.3 Å². The molecular weight excluding hydrogens is 416 g/mol. The molecule has 0 bridgehead atoms. The number of hydrogen-bond donors (Lipinski definition) is 2. The Morgan fingerprint density at radius 3 is 2.61 bits per heavy atom. The summed E-state index contributed by atoms with van der Waals surface area (Å²) in [5.41, 5.74) is 2.56. The first-order valence-electron chi connectivity index (χ1n) is 10.3. The fraction of sp³-hybridized carbons (Fsp3) is 0.0769. The van der Waals surface area contributed by atoms with Gasteiger partial charge in [-0.1, -0.05) is 66.8 Å². The molecule has 0 aliphatic rings. The summed E-state index contributed by atoms with van der Waals surface area (Å²) >= 11 is 0. The van der Waals surface area contributed by atoms with Crippen LogP contribution in [0.1, 0.15) is 28.4 Å². The lowest BCUT2D eigenvalue weighted by atomic mass is 10.2. The van der Waals surface area contributed by atoms with E-state index in [1.807, 2.05) is 73.7 Å². The molecule has 0 atom stereocenters. The Morgan fingerprint density at radius 2 is 1.79 bits per heavy atom. The van der Waals surface area contributed by atoms with Crippen LogP contribution in [0.25, 0.3) is 6.08 Å². The highest BCUT2D eigenvalue weighted by Crippen LogP contribution is 2.17. The van der Waals surface area contributed by atoms with Crippen molar-refractivity contribution in [2.24, 2.45) is 0 Å². The van der Waals surface area contributed by atoms with E-state index in [1.165, 1.54) is 12.3 Å². The smallest absolute Gasteiger partial charge is 0.413 e. The van der Waals surface area contributed by atoms with E-state index in [4.69, 9.17) is 4.74 Å². The van der Waals surface area contributed by atoms with Crippen molar-refractivity contribution in [2.45, 2.75) is 13.5 Å². The molecular formula is C26H24N4O3. The average Bonchev–Trinajstić information content (AvgIpc) is 2.84. The standard InChI is InChI=1S/C26H24N4O3/c1-2-3-4-5-9-12-21-13-15-27-18-23(21)29-25(31)22-14-16-28-24(17-22)30-26(32)33-19-20-10-7-6-8-11-20/h2-18H,19H2,1H3,(H,29,31)(H,28,30,32)/b3-2-,5-4-,12-9+. The Morgan fingerprint density at radius 1 is 0.970 bits per heavy atom. The predicted octanol–water partition coefficient (Wildman–Crippen LogP) is 5.62. The highest BCUT2D eigenvalue weighted by atomic mass is 16.5. The van der Waals surface area contributed by atoms with Crippen LogP contribution in [0.2, 0.25) is 0 Å². The van der Waals surface area contributed by atoms with Gasteiger partial charge >= 0.3 is 6.09 Å². The summed E-state index contributed by atoms with van der Waals surface area (Å²) in [6.45, 7) is 2.08. The quantitative estimate of drug-likeness (QED) is 0.443. The van der Waals surface area contributed by atoms with E-state index in [-0.39, 0.29) is 18.3 Å². The second-order valence-electron chi connectivity index (χ2n) is 6.80. The Hall–Kier alpha value is -4.52. The molecule has 3 aromatic rings. The summed E-state index contributed by atoms with van der Waals surface area (Å²) in [5, 5.41) is 5.38. The lowest BCUT2D eigenvalue weighted by Crippen LogP contribution is -2.16. The summed E-state index contributed by atoms with van der Waals surface area (Å²) in [6, 6.07) is 14.2. The third-order valence-corrected chi connectivity index (χ3v) is 4.37. The van der Waals surface area contributed by atoms with Crippen molar-refractivity contribution in [3.05, 3.63) is 114 Å². The van der Waals surface area contributed by atoms with Crippen LogP contribution in [-0.2, 0) is 11.3 Å². The molecule has 2 N–H and O–H groups in total. The van der Waals surface area contributed by atoms with Gasteiger partial charge in [-0.05, 0) is 30.7 Å². The number of nitrogens with one attached hydrogen (secondary N) is 2. The first kappa shape index (κ1) is 23.1. The van der Waals surface area contributed by atoms with Gasteiger partial charge in [-0.3, -0.25) is 15.1 Å². The number of pyridine rings is 2. The van der Waals surface area contributed by atoms with E-state index in [9.17, 15) is 9.59 Å². The normalized spacial score (nSPS) is 11.2. The lowest BCUT2D eigenvalue weighted by molar-refractivity contribution is 0.102. The van der Waals surface area contributed by atoms with Gasteiger partial charge in [0.15, 0.2) is 0 Å². The summed E-state index contributed by atoms with van der Waals surface area (Å²) < 4.78 is 5.19. The molecule has 33 heavy (non-hydrogen) atoms. The van der Waals surface area contributed by atoms with Gasteiger partial charge in [-0.25, -0.2) is 9.78 Å². The molecule has 0 spiro atoms. The average molecular weight is 441 g/mol. The highest BCUT2D eigenvalue weighted by molar-refractivity contribution is 6.05. The van der Waals surface area contributed by atoms with Crippen LogP contribution >= 0.6 is 0 Å². The van der Waals surface area contributed by atoms with Crippen molar-refractivity contribution >= 4 is 29.6 Å². The minimum atomic E-state index is -0.658. The molecule has 3 rings (SSSR count). The second kappa shape index (κ2) is 12.4. The number of rotatable bonds is 8. The van der Waals surface area contributed by atoms with Crippen LogP contribution < -0.4 is 10.6 Å². The molecule has 0 saturated carbocycles. The van der Waals surface area contributed by atoms with Crippen molar-refractivity contribution in [1.29, 1.82) is 0 Å². The Bertz CT molecular complexity index is 1170. The third kappa shape index (κ3) is 7.59. The molecule has 2 heterocycles. The molecule has 0 fully saturated rings. The topological polar surface area (TPSA) is 93.2 Å². The number of carbonyl (C=O) groups excluding carboxylic acids is 2. The van der Waals surface area contributed by atoms with E-state index in [0.717, 1.165) is 11.1 Å². The van der Waals surface area contributed by atoms with Gasteiger partial charge in [-0.15, -0.1) is 0 Å². The third-order valence-electron chi connectivity index (χ3n) is 4.37. The van der Waals surface area contributed by atoms with E-state index in [1.54, 1.807) is 24.5 Å². The number of anilines is 2. The van der Waals surface area contributed by atoms with Crippen LogP contribution in [0, 0.1) is 0 Å². The largest absolute Gasteiger partial charge is 0.444 e. The van der Waals surface area contributed by atoms with E-state index in [0.29, 0.717) is 11.3 Å². The maximum absolute atomic E-state index is 12.8. The summed E-state index contributed by atoms with van der Waals surface area (Å²) in [4.78, 5) is 33.0. The van der Waals surface area contributed by atoms with Crippen molar-refractivity contribution in [2.75, 3.05) is 10.6 Å². The maximum atomic E-state index is 12.8. The Balaban J connectivity index is 1.62. The molecule has 0 saturated heterocycles. The molecule has 7 heteroatoms. The first-order valence-corrected chi connectivity index (χ1v) is 10.3. The molecule has 0 radical (unpaired) electrons. The van der Waals surface area contributed by atoms with Crippen LogP contribution in [-0.4, -0.2) is 22.0 Å². The minimum absolute atomic E-state index is 0.133. The van der Waals surface area contributed by atoms with E-state index < -0.39 is 6.09 Å². The van der Waals surface area contributed by atoms with Gasteiger partial charge in [0.2, 0.25) is 0 Å². The number of nitrogens with zero attached hydrogens (tertiary/aromatic N) is 2. The monoisotopic (exact) mass is 440 g/mol. The Kier molecular flexibility index (Phi) is 8.67. The lowest BCUT2D eigenvalue weighted by Gasteiger charge is -2.10. The second-order valence-corrected chi connectivity index (χ2v) is 6.80. The summed E-state index contributed by atoms with van der Waals surface area (Å²) in [7, 11) is 0. The molecule has 0 unspecified atom stereocenters. The van der Waals surface area contributed by atoms with Crippen LogP contribution in [0.5, 0.6) is 0 Å². The van der Waals surface area contributed by atoms with Crippen molar-refractivity contribution in [1.82, 2.24) is 9.97 Å². The molecule has 2 aromatic heterocycles. The Labute approximate surface area is 192 Å².